The summed E-state index contributed by atoms with van der Waals surface area (Å²) in [5, 5.41) is 15.7. The molecule has 2 aromatic carbocycles. The zero-order chi connectivity index (χ0) is 23.7. The van der Waals surface area contributed by atoms with E-state index in [4.69, 9.17) is 9.47 Å². The van der Waals surface area contributed by atoms with E-state index >= 15 is 0 Å². The highest BCUT2D eigenvalue weighted by Crippen LogP contribution is 2.47. The van der Waals surface area contributed by atoms with Gasteiger partial charge in [-0.05, 0) is 43.5 Å². The molecule has 0 bridgehead atoms. The summed E-state index contributed by atoms with van der Waals surface area (Å²) >= 11 is 0. The molecular formula is C26H29FN2O5. The maximum Gasteiger partial charge on any atom is 0.227 e. The van der Waals surface area contributed by atoms with Gasteiger partial charge in [0.05, 0.1) is 19.1 Å². The van der Waals surface area contributed by atoms with Gasteiger partial charge in [0.2, 0.25) is 11.8 Å². The number of amides is 2. The second-order valence-corrected chi connectivity index (χ2v) is 9.35. The zero-order valence-electron chi connectivity index (χ0n) is 18.8. The van der Waals surface area contributed by atoms with Gasteiger partial charge in [-0.15, -0.1) is 0 Å². The van der Waals surface area contributed by atoms with E-state index < -0.39 is 12.2 Å². The first kappa shape index (κ1) is 22.8. The molecule has 7 nitrogen and oxygen atoms in total. The van der Waals surface area contributed by atoms with Crippen molar-refractivity contribution in [1.29, 1.82) is 0 Å². The number of anilines is 1. The average molecular weight is 469 g/mol. The fourth-order valence-electron chi connectivity index (χ4n) is 5.00. The van der Waals surface area contributed by atoms with Gasteiger partial charge in [-0.1, -0.05) is 24.6 Å². The Morgan fingerprint density at radius 2 is 1.97 bits per heavy atom. The Bertz CT molecular complexity index is 1070. The van der Waals surface area contributed by atoms with E-state index in [2.05, 4.69) is 10.6 Å². The zero-order valence-corrected chi connectivity index (χ0v) is 18.8. The van der Waals surface area contributed by atoms with Crippen LogP contribution in [0.2, 0.25) is 0 Å². The van der Waals surface area contributed by atoms with E-state index in [0.29, 0.717) is 17.7 Å². The summed E-state index contributed by atoms with van der Waals surface area (Å²) in [5.41, 5.74) is 2.10. The minimum absolute atomic E-state index is 0.0475. The fraction of sp³-hybridized carbons (Fsp3) is 0.462. The average Bonchev–Trinajstić information content (AvgIpc) is 3.15. The van der Waals surface area contributed by atoms with Gasteiger partial charge in [-0.3, -0.25) is 9.59 Å². The van der Waals surface area contributed by atoms with Crippen LogP contribution >= 0.6 is 0 Å². The molecule has 3 aliphatic rings. The third-order valence-electron chi connectivity index (χ3n) is 7.09. The lowest BCUT2D eigenvalue weighted by atomic mass is 9.83. The van der Waals surface area contributed by atoms with Gasteiger partial charge in [0.1, 0.15) is 23.8 Å². The summed E-state index contributed by atoms with van der Waals surface area (Å²) in [4.78, 5) is 24.9. The molecule has 0 unspecified atom stereocenters. The van der Waals surface area contributed by atoms with Crippen molar-refractivity contribution in [2.75, 3.05) is 11.9 Å². The van der Waals surface area contributed by atoms with Crippen LogP contribution in [-0.4, -0.2) is 41.8 Å². The predicted molar refractivity (Wildman–Crippen MR) is 123 cm³/mol. The summed E-state index contributed by atoms with van der Waals surface area (Å²) < 4.78 is 25.9. The van der Waals surface area contributed by atoms with Gasteiger partial charge in [0, 0.05) is 35.2 Å². The molecule has 8 heteroatoms. The molecule has 2 aliphatic heterocycles. The van der Waals surface area contributed by atoms with Crippen molar-refractivity contribution in [2.45, 2.75) is 62.9 Å². The molecule has 0 radical (unpaired) electrons. The molecule has 0 aromatic heterocycles. The van der Waals surface area contributed by atoms with Crippen molar-refractivity contribution in [3.63, 3.8) is 0 Å². The monoisotopic (exact) mass is 468 g/mol. The quantitative estimate of drug-likeness (QED) is 0.580. The molecular weight excluding hydrogens is 439 g/mol. The number of fused-ring (bicyclic) bond motifs is 3. The van der Waals surface area contributed by atoms with Crippen LogP contribution in [0.4, 0.5) is 10.1 Å². The van der Waals surface area contributed by atoms with Crippen LogP contribution in [0.3, 0.4) is 0 Å². The van der Waals surface area contributed by atoms with Crippen LogP contribution in [0.25, 0.3) is 0 Å². The minimum Gasteiger partial charge on any atom is -0.487 e. The molecule has 1 aliphatic carbocycles. The Labute approximate surface area is 197 Å². The van der Waals surface area contributed by atoms with Crippen LogP contribution in [0.1, 0.15) is 49.1 Å². The fourth-order valence-corrected chi connectivity index (χ4v) is 5.00. The number of aliphatic hydroxyl groups is 1. The maximum atomic E-state index is 13.8. The number of carbonyl (C=O) groups excluding carboxylic acids is 2. The molecule has 34 heavy (non-hydrogen) atoms. The Balaban J connectivity index is 1.24. The molecule has 0 spiro atoms. The molecule has 1 saturated carbocycles. The van der Waals surface area contributed by atoms with Gasteiger partial charge >= 0.3 is 0 Å². The van der Waals surface area contributed by atoms with Crippen LogP contribution < -0.4 is 15.4 Å². The number of nitrogens with one attached hydrogen (secondary N) is 2. The highest BCUT2D eigenvalue weighted by molar-refractivity contribution is 5.93. The van der Waals surface area contributed by atoms with Gasteiger partial charge < -0.3 is 25.2 Å². The summed E-state index contributed by atoms with van der Waals surface area (Å²) in [6.07, 6.45) is 2.27. The number of ether oxygens (including phenoxy) is 2. The second kappa shape index (κ2) is 9.72. The first-order chi connectivity index (χ1) is 16.5. The highest BCUT2D eigenvalue weighted by Gasteiger charge is 2.46. The number of hydrogen-bond acceptors (Lipinski definition) is 5. The molecule has 1 saturated heterocycles. The summed E-state index contributed by atoms with van der Waals surface area (Å²) in [7, 11) is 0. The lowest BCUT2D eigenvalue weighted by molar-refractivity contribution is -0.142. The predicted octanol–water partition coefficient (Wildman–Crippen LogP) is 3.27. The molecule has 2 fully saturated rings. The van der Waals surface area contributed by atoms with Crippen molar-refractivity contribution >= 4 is 17.5 Å². The molecule has 2 aromatic rings. The van der Waals surface area contributed by atoms with Crippen LogP contribution in [0, 0.1) is 11.7 Å². The lowest BCUT2D eigenvalue weighted by Crippen LogP contribution is -2.47. The Morgan fingerprint density at radius 3 is 2.71 bits per heavy atom. The summed E-state index contributed by atoms with van der Waals surface area (Å²) in [5.74, 6) is 0.177. The third kappa shape index (κ3) is 4.65. The van der Waals surface area contributed by atoms with Crippen molar-refractivity contribution in [3.05, 3.63) is 59.4 Å². The number of rotatable bonds is 7. The smallest absolute Gasteiger partial charge is 0.227 e. The van der Waals surface area contributed by atoms with E-state index in [9.17, 15) is 19.1 Å². The number of halogens is 1. The van der Waals surface area contributed by atoms with Crippen LogP contribution in [0.15, 0.2) is 42.5 Å². The van der Waals surface area contributed by atoms with Crippen molar-refractivity contribution in [3.8, 4) is 5.75 Å². The second-order valence-electron chi connectivity index (χ2n) is 9.35. The number of carbonyl (C=O) groups is 2. The van der Waals surface area contributed by atoms with Gasteiger partial charge in [0.25, 0.3) is 0 Å². The van der Waals surface area contributed by atoms with Crippen molar-refractivity contribution in [2.24, 2.45) is 5.92 Å². The standard InChI is InChI=1S/C26H29FN2O5/c27-21-7-2-1-4-16(21)13-28-24(31)12-18-11-20-19-10-17(29-26(32)15-5-3-6-15)8-9-22(19)34-25(20)23(14-30)33-18/h1-2,4,7-10,15,18,20,23,25,30H,3,5-6,11-14H2,(H,28,31)(H,29,32)/t18-,20+,23+,25-/m1/s1. The molecule has 180 valence electrons. The van der Waals surface area contributed by atoms with Crippen molar-refractivity contribution in [1.82, 2.24) is 5.32 Å². The van der Waals surface area contributed by atoms with Gasteiger partial charge in [-0.2, -0.15) is 0 Å². The largest absolute Gasteiger partial charge is 0.487 e. The van der Waals surface area contributed by atoms with E-state index in [-0.39, 0.29) is 55.1 Å². The van der Waals surface area contributed by atoms with Crippen LogP contribution in [-0.2, 0) is 20.9 Å². The maximum absolute atomic E-state index is 13.8. The summed E-state index contributed by atoms with van der Waals surface area (Å²) in [6.45, 7) is -0.128. The molecule has 2 heterocycles. The van der Waals surface area contributed by atoms with E-state index in [0.717, 1.165) is 30.5 Å². The summed E-state index contributed by atoms with van der Waals surface area (Å²) in [6, 6.07) is 11.9. The molecule has 4 atom stereocenters. The molecule has 2 amide bonds. The number of aliphatic hydroxyl groups excluding tert-OH is 1. The number of hydrogen-bond donors (Lipinski definition) is 3. The first-order valence-electron chi connectivity index (χ1n) is 11.9. The van der Waals surface area contributed by atoms with Gasteiger partial charge in [-0.25, -0.2) is 4.39 Å². The molecule has 5 rings (SSSR count). The van der Waals surface area contributed by atoms with Crippen molar-refractivity contribution < 1.29 is 28.6 Å². The normalized spacial score (nSPS) is 25.5. The first-order valence-corrected chi connectivity index (χ1v) is 11.9. The minimum atomic E-state index is -0.566. The Kier molecular flexibility index (Phi) is 6.52. The highest BCUT2D eigenvalue weighted by atomic mass is 19.1. The van der Waals surface area contributed by atoms with Gasteiger partial charge in [0.15, 0.2) is 0 Å². The SMILES string of the molecule is O=C(C[C@H]1C[C@H]2c3cc(NC(=O)C4CCC4)ccc3O[C@H]2[C@H](CO)O1)NCc1ccccc1F. The topological polar surface area (TPSA) is 96.9 Å². The Hall–Kier alpha value is -2.97. The third-order valence-corrected chi connectivity index (χ3v) is 7.09. The van der Waals surface area contributed by atoms with E-state index in [1.165, 1.54) is 6.07 Å². The number of benzene rings is 2. The van der Waals surface area contributed by atoms with E-state index in [1.54, 1.807) is 18.2 Å². The van der Waals surface area contributed by atoms with E-state index in [1.807, 2.05) is 18.2 Å². The Morgan fingerprint density at radius 1 is 1.15 bits per heavy atom. The molecule has 3 N–H and O–H groups in total. The lowest BCUT2D eigenvalue weighted by Gasteiger charge is -2.37. The van der Waals surface area contributed by atoms with Crippen LogP contribution in [0.5, 0.6) is 5.75 Å².